The van der Waals surface area contributed by atoms with Gasteiger partial charge in [-0.15, -0.1) is 11.3 Å². The summed E-state index contributed by atoms with van der Waals surface area (Å²) in [7, 11) is 0. The predicted octanol–water partition coefficient (Wildman–Crippen LogP) is 2.07. The largest absolute Gasteiger partial charge is 0.392 e. The van der Waals surface area contributed by atoms with Crippen LogP contribution in [-0.2, 0) is 13.2 Å². The van der Waals surface area contributed by atoms with Crippen molar-refractivity contribution in [2.24, 2.45) is 5.73 Å². The maximum absolute atomic E-state index is 9.27. The molecule has 0 aliphatic carbocycles. The number of benzene rings is 1. The van der Waals surface area contributed by atoms with E-state index in [9.17, 15) is 5.11 Å². The van der Waals surface area contributed by atoms with Gasteiger partial charge >= 0.3 is 0 Å². The zero-order chi connectivity index (χ0) is 11.5. The highest BCUT2D eigenvalue weighted by Crippen LogP contribution is 2.28. The quantitative estimate of drug-likeness (QED) is 0.854. The second-order valence-electron chi connectivity index (χ2n) is 3.61. The van der Waals surface area contributed by atoms with Gasteiger partial charge in [-0.1, -0.05) is 12.1 Å². The van der Waals surface area contributed by atoms with E-state index in [2.05, 4.69) is 4.98 Å². The molecular formula is C12H14N2OS. The molecule has 0 aliphatic rings. The second-order valence-corrected chi connectivity index (χ2v) is 4.47. The Bertz CT molecular complexity index is 494. The number of aromatic nitrogens is 1. The predicted molar refractivity (Wildman–Crippen MR) is 66.1 cm³/mol. The Balaban J connectivity index is 2.48. The Morgan fingerprint density at radius 3 is 2.75 bits per heavy atom. The fourth-order valence-electron chi connectivity index (χ4n) is 1.69. The number of aliphatic hydroxyl groups is 1. The van der Waals surface area contributed by atoms with Crippen LogP contribution in [0.4, 0.5) is 0 Å². The Hall–Kier alpha value is -1.23. The zero-order valence-electron chi connectivity index (χ0n) is 9.10. The number of aliphatic hydroxyl groups excluding tert-OH is 1. The summed E-state index contributed by atoms with van der Waals surface area (Å²) in [6.45, 7) is 2.47. The van der Waals surface area contributed by atoms with E-state index in [-0.39, 0.29) is 6.61 Å². The van der Waals surface area contributed by atoms with Crippen LogP contribution in [0.1, 0.15) is 16.8 Å². The van der Waals surface area contributed by atoms with Crippen molar-refractivity contribution < 1.29 is 5.11 Å². The minimum absolute atomic E-state index is 0.0260. The van der Waals surface area contributed by atoms with Crippen molar-refractivity contribution in [3.63, 3.8) is 0 Å². The van der Waals surface area contributed by atoms with Crippen molar-refractivity contribution in [1.82, 2.24) is 4.98 Å². The third kappa shape index (κ3) is 2.00. The molecule has 0 spiro atoms. The Labute approximate surface area is 98.6 Å². The molecule has 0 fully saturated rings. The van der Waals surface area contributed by atoms with E-state index in [1.165, 1.54) is 0 Å². The first-order valence-corrected chi connectivity index (χ1v) is 5.97. The van der Waals surface area contributed by atoms with Crippen LogP contribution in [-0.4, -0.2) is 10.1 Å². The third-order valence-corrected chi connectivity index (χ3v) is 3.58. The van der Waals surface area contributed by atoms with Crippen molar-refractivity contribution in [1.29, 1.82) is 0 Å². The molecule has 1 heterocycles. The fraction of sp³-hybridized carbons (Fsp3) is 0.250. The lowest BCUT2D eigenvalue weighted by atomic mass is 10.0. The van der Waals surface area contributed by atoms with Crippen LogP contribution < -0.4 is 5.73 Å². The molecular weight excluding hydrogens is 220 g/mol. The van der Waals surface area contributed by atoms with Crippen LogP contribution in [0, 0.1) is 6.92 Å². The van der Waals surface area contributed by atoms with Crippen molar-refractivity contribution in [2.45, 2.75) is 20.1 Å². The van der Waals surface area contributed by atoms with E-state index in [1.807, 2.05) is 30.6 Å². The first-order valence-electron chi connectivity index (χ1n) is 5.09. The minimum atomic E-state index is 0.0260. The highest BCUT2D eigenvalue weighted by atomic mass is 32.1. The standard InChI is InChI=1S/C12H14N2OS/c1-8-12(16-7-14-8)9-2-3-10(5-13)11(4-9)6-15/h2-4,7,15H,5-6,13H2,1H3. The van der Waals surface area contributed by atoms with Gasteiger partial charge in [0.2, 0.25) is 0 Å². The molecule has 0 unspecified atom stereocenters. The van der Waals surface area contributed by atoms with Crippen LogP contribution in [0.2, 0.25) is 0 Å². The van der Waals surface area contributed by atoms with E-state index in [4.69, 9.17) is 5.73 Å². The molecule has 2 aromatic rings. The molecule has 0 aliphatic heterocycles. The molecule has 4 heteroatoms. The van der Waals surface area contributed by atoms with E-state index in [0.717, 1.165) is 27.3 Å². The summed E-state index contributed by atoms with van der Waals surface area (Å²) in [6, 6.07) is 5.99. The normalized spacial score (nSPS) is 10.7. The molecule has 0 saturated heterocycles. The molecule has 0 saturated carbocycles. The molecule has 3 nitrogen and oxygen atoms in total. The molecule has 0 atom stereocenters. The minimum Gasteiger partial charge on any atom is -0.392 e. The highest BCUT2D eigenvalue weighted by Gasteiger charge is 2.07. The van der Waals surface area contributed by atoms with Crippen LogP contribution in [0.25, 0.3) is 10.4 Å². The summed E-state index contributed by atoms with van der Waals surface area (Å²) in [6.07, 6.45) is 0. The number of thiazole rings is 1. The van der Waals surface area contributed by atoms with E-state index in [0.29, 0.717) is 6.54 Å². The van der Waals surface area contributed by atoms with Gasteiger partial charge in [0.25, 0.3) is 0 Å². The molecule has 84 valence electrons. The van der Waals surface area contributed by atoms with E-state index in [1.54, 1.807) is 11.3 Å². The summed E-state index contributed by atoms with van der Waals surface area (Å²) in [5.41, 5.74) is 11.4. The number of rotatable bonds is 3. The average molecular weight is 234 g/mol. The van der Waals surface area contributed by atoms with Crippen molar-refractivity contribution in [3.05, 3.63) is 40.5 Å². The topological polar surface area (TPSA) is 59.1 Å². The summed E-state index contributed by atoms with van der Waals surface area (Å²) < 4.78 is 0. The van der Waals surface area contributed by atoms with Gasteiger partial charge in [0.1, 0.15) is 0 Å². The van der Waals surface area contributed by atoms with Crippen molar-refractivity contribution in [3.8, 4) is 10.4 Å². The number of hydrogen-bond acceptors (Lipinski definition) is 4. The first kappa shape index (κ1) is 11.3. The Kier molecular flexibility index (Phi) is 3.33. The molecule has 0 bridgehead atoms. The lowest BCUT2D eigenvalue weighted by molar-refractivity contribution is 0.280. The Morgan fingerprint density at radius 1 is 1.38 bits per heavy atom. The molecule has 3 N–H and O–H groups in total. The van der Waals surface area contributed by atoms with Gasteiger partial charge in [0.15, 0.2) is 0 Å². The lowest BCUT2D eigenvalue weighted by Crippen LogP contribution is -2.01. The summed E-state index contributed by atoms with van der Waals surface area (Å²) >= 11 is 1.61. The van der Waals surface area contributed by atoms with Gasteiger partial charge in [-0.05, 0) is 29.7 Å². The van der Waals surface area contributed by atoms with E-state index < -0.39 is 0 Å². The molecule has 2 rings (SSSR count). The third-order valence-electron chi connectivity index (χ3n) is 2.60. The number of hydrogen-bond donors (Lipinski definition) is 2. The lowest BCUT2D eigenvalue weighted by Gasteiger charge is -2.07. The number of aryl methyl sites for hydroxylation is 1. The zero-order valence-corrected chi connectivity index (χ0v) is 9.92. The van der Waals surface area contributed by atoms with Crippen LogP contribution in [0.5, 0.6) is 0 Å². The van der Waals surface area contributed by atoms with Gasteiger partial charge in [-0.25, -0.2) is 4.98 Å². The van der Waals surface area contributed by atoms with E-state index >= 15 is 0 Å². The van der Waals surface area contributed by atoms with Crippen molar-refractivity contribution in [2.75, 3.05) is 0 Å². The van der Waals surface area contributed by atoms with Gasteiger partial charge in [0.05, 0.1) is 22.7 Å². The highest BCUT2D eigenvalue weighted by molar-refractivity contribution is 7.13. The number of nitrogens with zero attached hydrogens (tertiary/aromatic N) is 1. The SMILES string of the molecule is Cc1ncsc1-c1ccc(CN)c(CO)c1. The number of nitrogens with two attached hydrogens (primary N) is 1. The van der Waals surface area contributed by atoms with Crippen LogP contribution in [0.3, 0.4) is 0 Å². The van der Waals surface area contributed by atoms with Gasteiger partial charge < -0.3 is 10.8 Å². The molecule has 0 radical (unpaired) electrons. The Morgan fingerprint density at radius 2 is 2.19 bits per heavy atom. The van der Waals surface area contributed by atoms with Crippen LogP contribution >= 0.6 is 11.3 Å². The monoisotopic (exact) mass is 234 g/mol. The molecule has 1 aromatic heterocycles. The fourth-order valence-corrected chi connectivity index (χ4v) is 2.49. The average Bonchev–Trinajstić information content (AvgIpc) is 2.74. The molecule has 16 heavy (non-hydrogen) atoms. The van der Waals surface area contributed by atoms with Gasteiger partial charge in [-0.2, -0.15) is 0 Å². The van der Waals surface area contributed by atoms with Gasteiger partial charge in [-0.3, -0.25) is 0 Å². The van der Waals surface area contributed by atoms with Crippen molar-refractivity contribution >= 4 is 11.3 Å². The summed E-state index contributed by atoms with van der Waals surface area (Å²) in [5.74, 6) is 0. The van der Waals surface area contributed by atoms with Crippen LogP contribution in [0.15, 0.2) is 23.7 Å². The summed E-state index contributed by atoms with van der Waals surface area (Å²) in [5, 5.41) is 9.27. The molecule has 1 aromatic carbocycles. The first-order chi connectivity index (χ1) is 7.76. The maximum atomic E-state index is 9.27. The molecule has 0 amide bonds. The van der Waals surface area contributed by atoms with Gasteiger partial charge in [0, 0.05) is 6.54 Å². The second kappa shape index (κ2) is 4.74. The summed E-state index contributed by atoms with van der Waals surface area (Å²) in [4.78, 5) is 5.37. The maximum Gasteiger partial charge on any atom is 0.0801 e. The smallest absolute Gasteiger partial charge is 0.0801 e.